The highest BCUT2D eigenvalue weighted by Crippen LogP contribution is 2.13. The molecule has 0 unspecified atom stereocenters. The van der Waals surface area contributed by atoms with Gasteiger partial charge in [0, 0.05) is 51.9 Å². The fraction of sp³-hybridized carbons (Fsp3) is 0.400. The number of nitrogens with one attached hydrogen (secondary N) is 1. The molecule has 0 atom stereocenters. The van der Waals surface area contributed by atoms with Crippen molar-refractivity contribution in [1.29, 1.82) is 0 Å². The van der Waals surface area contributed by atoms with Crippen molar-refractivity contribution in [2.75, 3.05) is 31.5 Å². The summed E-state index contributed by atoms with van der Waals surface area (Å²) in [6.07, 6.45) is 3.55. The van der Waals surface area contributed by atoms with Crippen LogP contribution in [0.2, 0.25) is 0 Å². The molecule has 1 N–H and O–H groups in total. The van der Waals surface area contributed by atoms with Crippen LogP contribution in [0.5, 0.6) is 0 Å². The summed E-state index contributed by atoms with van der Waals surface area (Å²) in [7, 11) is 3.07. The molecule has 156 valence electrons. The van der Waals surface area contributed by atoms with Gasteiger partial charge >= 0.3 is 5.69 Å². The van der Waals surface area contributed by atoms with Crippen LogP contribution in [0.4, 0.5) is 11.5 Å². The van der Waals surface area contributed by atoms with Crippen molar-refractivity contribution in [2.24, 2.45) is 14.1 Å². The standard InChI is InChI=1S/C20H27N5O4/c1-4-12-24(13-5-6-16-7-9-17(10-8-16)25(28)29)14-11-21-18-15-19(26)23(3)20(27)22(18)2/h4,7-10,15,21H,1,5-6,11-14H2,2-3H3. The molecule has 0 saturated carbocycles. The van der Waals surface area contributed by atoms with Gasteiger partial charge < -0.3 is 5.32 Å². The number of nitrogens with zero attached hydrogens (tertiary/aromatic N) is 4. The first-order chi connectivity index (χ1) is 13.8. The second-order valence-electron chi connectivity index (χ2n) is 6.81. The van der Waals surface area contributed by atoms with Crippen LogP contribution < -0.4 is 16.6 Å². The lowest BCUT2D eigenvalue weighted by Crippen LogP contribution is -2.38. The van der Waals surface area contributed by atoms with Gasteiger partial charge in [-0.05, 0) is 24.9 Å². The van der Waals surface area contributed by atoms with E-state index in [4.69, 9.17) is 0 Å². The molecular formula is C20H27N5O4. The van der Waals surface area contributed by atoms with Crippen molar-refractivity contribution in [3.8, 4) is 0 Å². The van der Waals surface area contributed by atoms with Crippen LogP contribution in [0.1, 0.15) is 12.0 Å². The smallest absolute Gasteiger partial charge is 0.332 e. The molecular weight excluding hydrogens is 374 g/mol. The Kier molecular flexibility index (Phi) is 7.90. The fourth-order valence-corrected chi connectivity index (χ4v) is 3.01. The van der Waals surface area contributed by atoms with Crippen LogP contribution in [0, 0.1) is 10.1 Å². The minimum atomic E-state index is -0.402. The third-order valence-corrected chi connectivity index (χ3v) is 4.73. The topological polar surface area (TPSA) is 102 Å². The molecule has 1 heterocycles. The van der Waals surface area contributed by atoms with E-state index in [1.165, 1.54) is 29.8 Å². The number of hydrogen-bond donors (Lipinski definition) is 1. The zero-order valence-electron chi connectivity index (χ0n) is 16.8. The van der Waals surface area contributed by atoms with Gasteiger partial charge in [-0.15, -0.1) is 6.58 Å². The van der Waals surface area contributed by atoms with E-state index in [9.17, 15) is 19.7 Å². The molecule has 0 radical (unpaired) electrons. The second-order valence-corrected chi connectivity index (χ2v) is 6.81. The molecule has 9 nitrogen and oxygen atoms in total. The third kappa shape index (κ3) is 6.15. The van der Waals surface area contributed by atoms with Crippen molar-refractivity contribution in [3.63, 3.8) is 0 Å². The van der Waals surface area contributed by atoms with E-state index in [-0.39, 0.29) is 16.9 Å². The maximum absolute atomic E-state index is 12.0. The molecule has 2 rings (SSSR count). The second kappa shape index (κ2) is 10.4. The summed E-state index contributed by atoms with van der Waals surface area (Å²) in [5.74, 6) is 0.488. The van der Waals surface area contributed by atoms with Gasteiger partial charge in [0.25, 0.3) is 11.2 Å². The summed E-state index contributed by atoms with van der Waals surface area (Å²) < 4.78 is 2.47. The van der Waals surface area contributed by atoms with Gasteiger partial charge in [0.1, 0.15) is 5.82 Å². The zero-order valence-corrected chi connectivity index (χ0v) is 16.8. The highest BCUT2D eigenvalue weighted by Gasteiger charge is 2.08. The highest BCUT2D eigenvalue weighted by atomic mass is 16.6. The van der Waals surface area contributed by atoms with Crippen molar-refractivity contribution < 1.29 is 4.92 Å². The first-order valence-electron chi connectivity index (χ1n) is 9.41. The Morgan fingerprint density at radius 3 is 2.48 bits per heavy atom. The SMILES string of the molecule is C=CCN(CCCc1ccc([N+](=O)[O-])cc1)CCNc1cc(=O)n(C)c(=O)n1C. The number of benzene rings is 1. The Hall–Kier alpha value is -3.20. The van der Waals surface area contributed by atoms with E-state index in [0.717, 1.165) is 42.6 Å². The lowest BCUT2D eigenvalue weighted by atomic mass is 10.1. The van der Waals surface area contributed by atoms with Gasteiger partial charge in [-0.3, -0.25) is 28.9 Å². The van der Waals surface area contributed by atoms with E-state index < -0.39 is 4.92 Å². The summed E-state index contributed by atoms with van der Waals surface area (Å²) >= 11 is 0. The Labute approximate surface area is 169 Å². The third-order valence-electron chi connectivity index (χ3n) is 4.73. The molecule has 1 aromatic carbocycles. The van der Waals surface area contributed by atoms with Crippen molar-refractivity contribution in [1.82, 2.24) is 14.0 Å². The Morgan fingerprint density at radius 1 is 1.17 bits per heavy atom. The van der Waals surface area contributed by atoms with Gasteiger partial charge in [-0.2, -0.15) is 0 Å². The van der Waals surface area contributed by atoms with Gasteiger partial charge in [0.2, 0.25) is 0 Å². The first-order valence-corrected chi connectivity index (χ1v) is 9.41. The first kappa shape index (κ1) is 22.1. The predicted molar refractivity (Wildman–Crippen MR) is 113 cm³/mol. The minimum Gasteiger partial charge on any atom is -0.370 e. The molecule has 0 saturated heterocycles. The van der Waals surface area contributed by atoms with Crippen molar-refractivity contribution in [3.05, 3.63) is 79.5 Å². The van der Waals surface area contributed by atoms with Crippen LogP contribution in [0.25, 0.3) is 0 Å². The molecule has 9 heteroatoms. The summed E-state index contributed by atoms with van der Waals surface area (Å²) in [6.45, 7) is 6.64. The number of non-ortho nitro benzene ring substituents is 1. The van der Waals surface area contributed by atoms with Gasteiger partial charge in [0.05, 0.1) is 4.92 Å². The predicted octanol–water partition coefficient (Wildman–Crippen LogP) is 1.52. The lowest BCUT2D eigenvalue weighted by Gasteiger charge is -2.21. The van der Waals surface area contributed by atoms with Crippen LogP contribution in [-0.4, -0.2) is 45.1 Å². The van der Waals surface area contributed by atoms with Crippen LogP contribution in [0.3, 0.4) is 0 Å². The minimum absolute atomic E-state index is 0.0956. The molecule has 0 fully saturated rings. The fourth-order valence-electron chi connectivity index (χ4n) is 3.01. The van der Waals surface area contributed by atoms with E-state index >= 15 is 0 Å². The number of anilines is 1. The highest BCUT2D eigenvalue weighted by molar-refractivity contribution is 5.34. The van der Waals surface area contributed by atoms with E-state index in [2.05, 4.69) is 16.8 Å². The van der Waals surface area contributed by atoms with Gasteiger partial charge in [-0.25, -0.2) is 4.79 Å². The number of nitro groups is 1. The molecule has 0 aliphatic carbocycles. The normalized spacial score (nSPS) is 10.9. The molecule has 2 aromatic rings. The number of aromatic nitrogens is 2. The zero-order chi connectivity index (χ0) is 21.4. The van der Waals surface area contributed by atoms with E-state index in [1.54, 1.807) is 19.2 Å². The molecule has 0 aliphatic rings. The van der Waals surface area contributed by atoms with Crippen LogP contribution in [0.15, 0.2) is 52.6 Å². The summed E-state index contributed by atoms with van der Waals surface area (Å²) in [5, 5.41) is 13.9. The quantitative estimate of drug-likeness (QED) is 0.348. The summed E-state index contributed by atoms with van der Waals surface area (Å²) in [5.41, 5.74) is 0.438. The van der Waals surface area contributed by atoms with Crippen LogP contribution in [-0.2, 0) is 20.5 Å². The van der Waals surface area contributed by atoms with Crippen LogP contribution >= 0.6 is 0 Å². The number of aryl methyl sites for hydroxylation is 1. The number of nitro benzene ring substituents is 1. The van der Waals surface area contributed by atoms with Gasteiger partial charge in [0.15, 0.2) is 0 Å². The molecule has 29 heavy (non-hydrogen) atoms. The largest absolute Gasteiger partial charge is 0.370 e. The Morgan fingerprint density at radius 2 is 1.86 bits per heavy atom. The van der Waals surface area contributed by atoms with Gasteiger partial charge in [-0.1, -0.05) is 18.2 Å². The maximum atomic E-state index is 12.0. The molecule has 0 aliphatic heterocycles. The Bertz CT molecular complexity index is 962. The van der Waals surface area contributed by atoms with E-state index in [1.807, 2.05) is 6.08 Å². The number of rotatable bonds is 11. The molecule has 0 spiro atoms. The Balaban J connectivity index is 1.85. The maximum Gasteiger partial charge on any atom is 0.332 e. The summed E-state index contributed by atoms with van der Waals surface area (Å²) in [4.78, 5) is 36.3. The molecule has 1 aromatic heterocycles. The average Bonchev–Trinajstić information content (AvgIpc) is 2.70. The number of hydrogen-bond acceptors (Lipinski definition) is 6. The van der Waals surface area contributed by atoms with Crippen molar-refractivity contribution in [2.45, 2.75) is 12.8 Å². The van der Waals surface area contributed by atoms with Crippen molar-refractivity contribution >= 4 is 11.5 Å². The molecule has 0 bridgehead atoms. The average molecular weight is 401 g/mol. The van der Waals surface area contributed by atoms with E-state index in [0.29, 0.717) is 12.4 Å². The molecule has 0 amide bonds. The lowest BCUT2D eigenvalue weighted by molar-refractivity contribution is -0.384. The summed E-state index contributed by atoms with van der Waals surface area (Å²) in [6, 6.07) is 8.03. The monoisotopic (exact) mass is 401 g/mol.